The van der Waals surface area contributed by atoms with Crippen LogP contribution in [0, 0.1) is 0 Å². The van der Waals surface area contributed by atoms with Crippen LogP contribution in [-0.4, -0.2) is 42.6 Å². The molecule has 0 aliphatic heterocycles. The molecule has 0 heterocycles. The standard InChI is InChI=1S/C8H15NO2.C3H4O2/c1-5-7(9(3)4)8(10)11-6-2;1-2-3(4)5/h5H,6H2,1-4H3;2H,1H2,(H,4,5). The molecule has 0 bridgehead atoms. The average Bonchev–Trinajstić information content (AvgIpc) is 2.19. The maximum absolute atomic E-state index is 11.1. The lowest BCUT2D eigenvalue weighted by atomic mass is 10.4. The van der Waals surface area contributed by atoms with Gasteiger partial charge in [-0.3, -0.25) is 0 Å². The normalized spacial score (nSPS) is 9.62. The van der Waals surface area contributed by atoms with Gasteiger partial charge in [0.2, 0.25) is 0 Å². The minimum Gasteiger partial charge on any atom is -0.478 e. The highest BCUT2D eigenvalue weighted by Crippen LogP contribution is 2.00. The maximum atomic E-state index is 11.1. The zero-order valence-electron chi connectivity index (χ0n) is 10.2. The van der Waals surface area contributed by atoms with E-state index in [1.807, 2.05) is 21.0 Å². The zero-order valence-corrected chi connectivity index (χ0v) is 10.2. The fourth-order valence-corrected chi connectivity index (χ4v) is 0.764. The fraction of sp³-hybridized carbons (Fsp3) is 0.455. The molecule has 5 heteroatoms. The van der Waals surface area contributed by atoms with Crippen LogP contribution in [0.15, 0.2) is 24.4 Å². The van der Waals surface area contributed by atoms with Crippen molar-refractivity contribution in [2.24, 2.45) is 0 Å². The molecule has 0 aromatic carbocycles. The van der Waals surface area contributed by atoms with E-state index >= 15 is 0 Å². The molecule has 0 saturated carbocycles. The van der Waals surface area contributed by atoms with E-state index in [-0.39, 0.29) is 5.97 Å². The highest BCUT2D eigenvalue weighted by Gasteiger charge is 2.09. The van der Waals surface area contributed by atoms with Crippen molar-refractivity contribution in [2.75, 3.05) is 20.7 Å². The Morgan fingerprint density at radius 3 is 2.06 bits per heavy atom. The van der Waals surface area contributed by atoms with Crippen LogP contribution in [-0.2, 0) is 14.3 Å². The minimum absolute atomic E-state index is 0.264. The third kappa shape index (κ3) is 8.80. The summed E-state index contributed by atoms with van der Waals surface area (Å²) < 4.78 is 4.81. The van der Waals surface area contributed by atoms with E-state index in [0.717, 1.165) is 6.08 Å². The Morgan fingerprint density at radius 1 is 1.44 bits per heavy atom. The van der Waals surface area contributed by atoms with Gasteiger partial charge in [-0.25, -0.2) is 9.59 Å². The van der Waals surface area contributed by atoms with Crippen LogP contribution in [0.4, 0.5) is 0 Å². The summed E-state index contributed by atoms with van der Waals surface area (Å²) >= 11 is 0. The molecule has 0 saturated heterocycles. The lowest BCUT2D eigenvalue weighted by Crippen LogP contribution is -2.21. The second kappa shape index (κ2) is 9.76. The lowest BCUT2D eigenvalue weighted by Gasteiger charge is -2.14. The molecular weight excluding hydrogens is 210 g/mol. The second-order valence-corrected chi connectivity index (χ2v) is 2.83. The Balaban J connectivity index is 0. The van der Waals surface area contributed by atoms with E-state index in [4.69, 9.17) is 9.84 Å². The van der Waals surface area contributed by atoms with Crippen molar-refractivity contribution in [3.8, 4) is 0 Å². The molecule has 0 aliphatic carbocycles. The van der Waals surface area contributed by atoms with Gasteiger partial charge in [0.05, 0.1) is 6.61 Å². The van der Waals surface area contributed by atoms with E-state index < -0.39 is 5.97 Å². The third-order valence-corrected chi connectivity index (χ3v) is 1.41. The van der Waals surface area contributed by atoms with Crippen molar-refractivity contribution in [1.82, 2.24) is 4.90 Å². The molecule has 0 aromatic rings. The number of allylic oxidation sites excluding steroid dienone is 1. The first kappa shape index (κ1) is 16.6. The molecule has 0 aliphatic rings. The van der Waals surface area contributed by atoms with E-state index in [2.05, 4.69) is 6.58 Å². The summed E-state index contributed by atoms with van der Waals surface area (Å²) in [6, 6.07) is 0. The highest BCUT2D eigenvalue weighted by molar-refractivity contribution is 5.87. The summed E-state index contributed by atoms with van der Waals surface area (Å²) in [7, 11) is 3.62. The van der Waals surface area contributed by atoms with Gasteiger partial charge < -0.3 is 14.7 Å². The number of rotatable bonds is 4. The van der Waals surface area contributed by atoms with Crippen molar-refractivity contribution < 1.29 is 19.4 Å². The van der Waals surface area contributed by atoms with Crippen LogP contribution in [0.25, 0.3) is 0 Å². The molecule has 16 heavy (non-hydrogen) atoms. The van der Waals surface area contributed by atoms with Crippen LogP contribution in [0.2, 0.25) is 0 Å². The molecule has 1 N–H and O–H groups in total. The van der Waals surface area contributed by atoms with E-state index in [1.165, 1.54) is 0 Å². The van der Waals surface area contributed by atoms with Crippen molar-refractivity contribution in [1.29, 1.82) is 0 Å². The number of carboxylic acid groups (broad SMARTS) is 1. The van der Waals surface area contributed by atoms with Gasteiger partial charge in [-0.2, -0.15) is 0 Å². The van der Waals surface area contributed by atoms with Gasteiger partial charge in [-0.15, -0.1) is 0 Å². The molecule has 0 radical (unpaired) electrons. The zero-order chi connectivity index (χ0) is 13.1. The SMILES string of the molecule is C=CC(=O)O.CC=C(C(=O)OCC)N(C)C. The molecule has 0 fully saturated rings. The van der Waals surface area contributed by atoms with Crippen LogP contribution < -0.4 is 0 Å². The highest BCUT2D eigenvalue weighted by atomic mass is 16.5. The summed E-state index contributed by atoms with van der Waals surface area (Å²) in [6.45, 7) is 6.99. The number of hydrogen-bond donors (Lipinski definition) is 1. The number of carbonyl (C=O) groups is 2. The number of carbonyl (C=O) groups excluding carboxylic acids is 1. The Hall–Kier alpha value is -1.78. The lowest BCUT2D eigenvalue weighted by molar-refractivity contribution is -0.140. The van der Waals surface area contributed by atoms with Gasteiger partial charge in [-0.1, -0.05) is 12.7 Å². The summed E-state index contributed by atoms with van der Waals surface area (Å²) in [6.07, 6.45) is 2.57. The molecular formula is C11H19NO4. The van der Waals surface area contributed by atoms with Gasteiger partial charge in [0.15, 0.2) is 0 Å². The maximum Gasteiger partial charge on any atom is 0.354 e. The van der Waals surface area contributed by atoms with Gasteiger partial charge in [-0.05, 0) is 13.8 Å². The van der Waals surface area contributed by atoms with Gasteiger partial charge in [0.1, 0.15) is 5.70 Å². The first-order chi connectivity index (χ1) is 7.40. The van der Waals surface area contributed by atoms with E-state index in [0.29, 0.717) is 12.3 Å². The topological polar surface area (TPSA) is 66.8 Å². The Labute approximate surface area is 96.0 Å². The molecule has 0 aromatic heterocycles. The van der Waals surface area contributed by atoms with E-state index in [9.17, 15) is 9.59 Å². The molecule has 5 nitrogen and oxygen atoms in total. The van der Waals surface area contributed by atoms with Crippen LogP contribution in [0.1, 0.15) is 13.8 Å². The summed E-state index contributed by atoms with van der Waals surface area (Å²) in [5, 5.41) is 7.60. The molecule has 0 unspecified atom stereocenters. The van der Waals surface area contributed by atoms with Gasteiger partial charge in [0.25, 0.3) is 0 Å². The largest absolute Gasteiger partial charge is 0.478 e. The molecule has 92 valence electrons. The summed E-state index contributed by atoms with van der Waals surface area (Å²) in [5.74, 6) is -1.25. The van der Waals surface area contributed by atoms with Crippen molar-refractivity contribution in [3.63, 3.8) is 0 Å². The molecule has 0 atom stereocenters. The number of esters is 1. The quantitative estimate of drug-likeness (QED) is 0.581. The van der Waals surface area contributed by atoms with Crippen molar-refractivity contribution >= 4 is 11.9 Å². The molecule has 0 amide bonds. The number of aliphatic carboxylic acids is 1. The third-order valence-electron chi connectivity index (χ3n) is 1.41. The average molecular weight is 229 g/mol. The Morgan fingerprint density at radius 2 is 1.88 bits per heavy atom. The van der Waals surface area contributed by atoms with Crippen LogP contribution in [0.5, 0.6) is 0 Å². The number of ether oxygens (including phenoxy) is 1. The smallest absolute Gasteiger partial charge is 0.354 e. The fourth-order valence-electron chi connectivity index (χ4n) is 0.764. The van der Waals surface area contributed by atoms with Crippen molar-refractivity contribution in [3.05, 3.63) is 24.4 Å². The van der Waals surface area contributed by atoms with Crippen LogP contribution >= 0.6 is 0 Å². The summed E-state index contributed by atoms with van der Waals surface area (Å²) in [5.41, 5.74) is 0.590. The predicted molar refractivity (Wildman–Crippen MR) is 61.9 cm³/mol. The Bertz CT molecular complexity index is 269. The number of hydrogen-bond acceptors (Lipinski definition) is 4. The first-order valence-corrected chi connectivity index (χ1v) is 4.76. The number of nitrogens with zero attached hydrogens (tertiary/aromatic N) is 1. The number of carboxylic acids is 1. The summed E-state index contributed by atoms with van der Waals surface area (Å²) in [4.78, 5) is 22.1. The van der Waals surface area contributed by atoms with Gasteiger partial charge in [0, 0.05) is 20.2 Å². The second-order valence-electron chi connectivity index (χ2n) is 2.83. The number of likely N-dealkylation sites (N-methyl/N-ethyl adjacent to an activating group) is 1. The van der Waals surface area contributed by atoms with Crippen LogP contribution in [0.3, 0.4) is 0 Å². The predicted octanol–water partition coefficient (Wildman–Crippen LogP) is 1.27. The van der Waals surface area contributed by atoms with Crippen molar-refractivity contribution in [2.45, 2.75) is 13.8 Å². The molecule has 0 rings (SSSR count). The Kier molecular flexibility index (Phi) is 10.2. The monoisotopic (exact) mass is 229 g/mol. The van der Waals surface area contributed by atoms with E-state index in [1.54, 1.807) is 17.9 Å². The minimum atomic E-state index is -0.981. The van der Waals surface area contributed by atoms with Gasteiger partial charge >= 0.3 is 11.9 Å². The first-order valence-electron chi connectivity index (χ1n) is 4.76. The molecule has 0 spiro atoms.